The number of hydrogen-bond acceptors (Lipinski definition) is 2. The molecule has 1 aromatic rings. The van der Waals surface area contributed by atoms with E-state index in [0.29, 0.717) is 29.8 Å². The maximum Gasteiger partial charge on any atom is 0.119 e. The monoisotopic (exact) mass is 280 g/mol. The van der Waals surface area contributed by atoms with E-state index in [-0.39, 0.29) is 0 Å². The van der Waals surface area contributed by atoms with Crippen LogP contribution in [0.25, 0.3) is 0 Å². The van der Waals surface area contributed by atoms with E-state index < -0.39 is 0 Å². The van der Waals surface area contributed by atoms with Gasteiger partial charge in [-0.1, -0.05) is 39.8 Å². The van der Waals surface area contributed by atoms with Crippen LogP contribution in [0.3, 0.4) is 0 Å². The van der Waals surface area contributed by atoms with Crippen molar-refractivity contribution in [2.75, 3.05) is 0 Å². The summed E-state index contributed by atoms with van der Waals surface area (Å²) in [5, 5.41) is 9.59. The highest BCUT2D eigenvalue weighted by atomic mass is 16.5. The van der Waals surface area contributed by atoms with Gasteiger partial charge in [0.05, 0.1) is 12.2 Å². The normalized spacial score (nSPS) is 11.2. The Labute approximate surface area is 125 Å². The highest BCUT2D eigenvalue weighted by Crippen LogP contribution is 2.28. The number of rotatable bonds is 4. The Hall–Kier alpha value is -1.02. The van der Waals surface area contributed by atoms with Crippen LogP contribution in [0.1, 0.15) is 78.4 Å². The van der Waals surface area contributed by atoms with Crippen molar-refractivity contribution in [3.63, 3.8) is 0 Å². The summed E-state index contributed by atoms with van der Waals surface area (Å²) in [6.45, 7) is 16.7. The number of hydrogen-bond donors (Lipinski definition) is 1. The Morgan fingerprint density at radius 3 is 1.60 bits per heavy atom. The number of ether oxygens (including phenoxy) is 1. The van der Waals surface area contributed by atoms with E-state index in [0.717, 1.165) is 5.56 Å². The SMILES string of the molecule is CC(C)OC(C)C.CC(C)c1ccc(O)c(C(C)C)c1. The highest BCUT2D eigenvalue weighted by Gasteiger charge is 2.08. The maximum atomic E-state index is 9.59. The van der Waals surface area contributed by atoms with Crippen LogP contribution in [0.4, 0.5) is 0 Å². The van der Waals surface area contributed by atoms with Crippen molar-refractivity contribution in [1.82, 2.24) is 0 Å². The van der Waals surface area contributed by atoms with Crippen molar-refractivity contribution in [3.05, 3.63) is 29.3 Å². The van der Waals surface area contributed by atoms with Crippen molar-refractivity contribution in [3.8, 4) is 5.75 Å². The van der Waals surface area contributed by atoms with Crippen LogP contribution in [-0.2, 0) is 4.74 Å². The zero-order valence-corrected chi connectivity index (χ0v) is 14.4. The van der Waals surface area contributed by atoms with Crippen LogP contribution in [0.15, 0.2) is 18.2 Å². The molecule has 1 rings (SSSR count). The van der Waals surface area contributed by atoms with Gasteiger partial charge in [0, 0.05) is 0 Å². The molecular weight excluding hydrogens is 248 g/mol. The molecule has 1 aromatic carbocycles. The van der Waals surface area contributed by atoms with Crippen molar-refractivity contribution in [2.45, 2.75) is 79.4 Å². The molecule has 2 heteroatoms. The summed E-state index contributed by atoms with van der Waals surface area (Å²) in [5.74, 6) is 1.33. The average Bonchev–Trinajstić information content (AvgIpc) is 2.27. The molecule has 0 aliphatic carbocycles. The Bertz CT molecular complexity index is 373. The molecule has 0 saturated carbocycles. The molecule has 1 N–H and O–H groups in total. The van der Waals surface area contributed by atoms with Gasteiger partial charge in [-0.2, -0.15) is 0 Å². The number of aromatic hydroxyl groups is 1. The molecule has 20 heavy (non-hydrogen) atoms. The van der Waals surface area contributed by atoms with Crippen LogP contribution in [0.2, 0.25) is 0 Å². The standard InChI is InChI=1S/C12H18O.C6H14O/c1-8(2)10-5-6-12(13)11(7-10)9(3)4;1-5(2)7-6(3)4/h5-9,13H,1-4H3;5-6H,1-4H3. The van der Waals surface area contributed by atoms with Gasteiger partial charge in [-0.3, -0.25) is 0 Å². The first-order valence-electron chi connectivity index (χ1n) is 7.63. The Balaban J connectivity index is 0.000000441. The zero-order valence-electron chi connectivity index (χ0n) is 14.4. The molecule has 116 valence electrons. The third-order valence-corrected chi connectivity index (χ3v) is 2.88. The second-order valence-corrected chi connectivity index (χ2v) is 6.36. The molecule has 0 aromatic heterocycles. The lowest BCUT2D eigenvalue weighted by molar-refractivity contribution is 0.0300. The van der Waals surface area contributed by atoms with Gasteiger partial charge >= 0.3 is 0 Å². The Morgan fingerprint density at radius 2 is 1.30 bits per heavy atom. The van der Waals surface area contributed by atoms with Gasteiger partial charge in [-0.15, -0.1) is 0 Å². The molecule has 0 atom stereocenters. The minimum absolute atomic E-state index is 0.375. The van der Waals surface area contributed by atoms with E-state index >= 15 is 0 Å². The molecule has 0 aliphatic heterocycles. The van der Waals surface area contributed by atoms with E-state index in [1.807, 2.05) is 33.8 Å². The third kappa shape index (κ3) is 7.54. The van der Waals surface area contributed by atoms with Crippen LogP contribution in [0.5, 0.6) is 5.75 Å². The van der Waals surface area contributed by atoms with E-state index in [1.54, 1.807) is 6.07 Å². The predicted molar refractivity (Wildman–Crippen MR) is 87.6 cm³/mol. The van der Waals surface area contributed by atoms with E-state index in [9.17, 15) is 5.11 Å². The fraction of sp³-hybridized carbons (Fsp3) is 0.667. The number of phenols is 1. The van der Waals surface area contributed by atoms with E-state index in [2.05, 4.69) is 33.8 Å². The predicted octanol–water partition coefficient (Wildman–Crippen LogP) is 5.46. The average molecular weight is 280 g/mol. The molecule has 0 bridgehead atoms. The largest absolute Gasteiger partial charge is 0.508 e. The van der Waals surface area contributed by atoms with Crippen molar-refractivity contribution >= 4 is 0 Å². The third-order valence-electron chi connectivity index (χ3n) is 2.88. The summed E-state index contributed by atoms with van der Waals surface area (Å²) < 4.78 is 5.25. The topological polar surface area (TPSA) is 29.5 Å². The van der Waals surface area contributed by atoms with Gasteiger partial charge in [0.15, 0.2) is 0 Å². The summed E-state index contributed by atoms with van der Waals surface area (Å²) in [4.78, 5) is 0. The van der Waals surface area contributed by atoms with Crippen LogP contribution >= 0.6 is 0 Å². The minimum Gasteiger partial charge on any atom is -0.508 e. The van der Waals surface area contributed by atoms with Crippen LogP contribution in [0, 0.1) is 0 Å². The molecule has 0 aliphatic rings. The molecule has 0 radical (unpaired) electrons. The van der Waals surface area contributed by atoms with Gasteiger partial charge in [0.25, 0.3) is 0 Å². The lowest BCUT2D eigenvalue weighted by Gasteiger charge is -2.12. The quantitative estimate of drug-likeness (QED) is 0.793. The van der Waals surface area contributed by atoms with Crippen LogP contribution < -0.4 is 0 Å². The molecule has 0 saturated heterocycles. The molecular formula is C18H32O2. The summed E-state index contributed by atoms with van der Waals surface area (Å²) >= 11 is 0. The molecule has 0 amide bonds. The minimum atomic E-state index is 0.375. The molecule has 0 unspecified atom stereocenters. The van der Waals surface area contributed by atoms with Gasteiger partial charge in [-0.05, 0) is 56.7 Å². The number of benzene rings is 1. The lowest BCUT2D eigenvalue weighted by Crippen LogP contribution is -2.09. The lowest BCUT2D eigenvalue weighted by atomic mass is 9.95. The van der Waals surface area contributed by atoms with Gasteiger partial charge in [0.1, 0.15) is 5.75 Å². The van der Waals surface area contributed by atoms with Crippen molar-refractivity contribution in [1.29, 1.82) is 0 Å². The van der Waals surface area contributed by atoms with Crippen LogP contribution in [-0.4, -0.2) is 17.3 Å². The fourth-order valence-corrected chi connectivity index (χ4v) is 1.94. The molecule has 0 heterocycles. The zero-order chi connectivity index (χ0) is 15.9. The van der Waals surface area contributed by atoms with E-state index in [4.69, 9.17) is 4.74 Å². The molecule has 0 fully saturated rings. The summed E-state index contributed by atoms with van der Waals surface area (Å²) in [5.41, 5.74) is 2.34. The van der Waals surface area contributed by atoms with Gasteiger partial charge < -0.3 is 9.84 Å². The van der Waals surface area contributed by atoms with Gasteiger partial charge in [0.2, 0.25) is 0 Å². The van der Waals surface area contributed by atoms with Crippen molar-refractivity contribution < 1.29 is 9.84 Å². The highest BCUT2D eigenvalue weighted by molar-refractivity contribution is 5.39. The first-order chi connectivity index (χ1) is 9.15. The summed E-state index contributed by atoms with van der Waals surface area (Å²) in [6.07, 6.45) is 0.750. The van der Waals surface area contributed by atoms with Crippen molar-refractivity contribution in [2.24, 2.45) is 0 Å². The second-order valence-electron chi connectivity index (χ2n) is 6.36. The number of phenolic OH excluding ortho intramolecular Hbond substituents is 1. The Kier molecular flexibility index (Phi) is 8.56. The summed E-state index contributed by atoms with van der Waals surface area (Å²) in [6, 6.07) is 5.89. The molecule has 2 nitrogen and oxygen atoms in total. The first-order valence-corrected chi connectivity index (χ1v) is 7.63. The smallest absolute Gasteiger partial charge is 0.119 e. The van der Waals surface area contributed by atoms with E-state index in [1.165, 1.54) is 5.56 Å². The molecule has 0 spiro atoms. The Morgan fingerprint density at radius 1 is 0.800 bits per heavy atom. The fourth-order valence-electron chi connectivity index (χ4n) is 1.94. The second kappa shape index (κ2) is 9.02. The van der Waals surface area contributed by atoms with Gasteiger partial charge in [-0.25, -0.2) is 0 Å². The first kappa shape index (κ1) is 19.0. The maximum absolute atomic E-state index is 9.59. The summed E-state index contributed by atoms with van der Waals surface area (Å²) in [7, 11) is 0.